The second kappa shape index (κ2) is 14.3. The molecule has 0 aliphatic rings. The van der Waals surface area contributed by atoms with Crippen LogP contribution >= 0.6 is 0 Å². The Hall–Kier alpha value is -9.88. The van der Waals surface area contributed by atoms with Crippen LogP contribution in [0, 0.1) is 22.7 Å². The Morgan fingerprint density at radius 3 is 1.13 bits per heavy atom. The molecule has 0 radical (unpaired) electrons. The van der Waals surface area contributed by atoms with Crippen LogP contribution in [0.2, 0.25) is 0 Å². The van der Waals surface area contributed by atoms with Crippen molar-refractivity contribution < 1.29 is 0 Å². The van der Waals surface area contributed by atoms with Gasteiger partial charge in [-0.3, -0.25) is 0 Å². The van der Waals surface area contributed by atoms with Crippen LogP contribution < -0.4 is 0 Å². The van der Waals surface area contributed by atoms with Gasteiger partial charge >= 0.3 is 0 Å². The zero-order valence-electron chi connectivity index (χ0n) is 37.5. The van der Waals surface area contributed by atoms with Gasteiger partial charge in [0.15, 0.2) is 0 Å². The number of hydrogen-bond acceptors (Lipinski definition) is 2. The molecule has 0 aliphatic heterocycles. The molecule has 0 saturated heterocycles. The van der Waals surface area contributed by atoms with Gasteiger partial charge in [0.05, 0.1) is 66.6 Å². The number of para-hydroxylation sites is 4. The molecule has 11 aromatic carbocycles. The molecule has 0 atom stereocenters. The Morgan fingerprint density at radius 2 is 0.671 bits per heavy atom. The van der Waals surface area contributed by atoms with Gasteiger partial charge in [-0.1, -0.05) is 133 Å². The maximum atomic E-state index is 11.4. The molecule has 0 unspecified atom stereocenters. The quantitative estimate of drug-likeness (QED) is 0.177. The van der Waals surface area contributed by atoms with Crippen molar-refractivity contribution in [3.05, 3.63) is 230 Å². The Morgan fingerprint density at radius 1 is 0.286 bits per heavy atom. The molecule has 0 bridgehead atoms. The molecule has 0 fully saturated rings. The molecular weight excluding hydrogens is 853 g/mol. The Bertz CT molecular complexity index is 4760. The molecule has 322 valence electrons. The summed E-state index contributed by atoms with van der Waals surface area (Å²) in [6, 6.07) is 82.6. The van der Waals surface area contributed by atoms with E-state index in [2.05, 4.69) is 237 Å². The molecule has 4 heterocycles. The summed E-state index contributed by atoms with van der Waals surface area (Å²) < 4.78 is 9.29. The lowest BCUT2D eigenvalue weighted by molar-refractivity contribution is 1.08. The van der Waals surface area contributed by atoms with Crippen LogP contribution in [-0.4, -0.2) is 18.3 Å². The summed E-state index contributed by atoms with van der Waals surface area (Å²) in [6.45, 7) is 0. The zero-order valence-corrected chi connectivity index (χ0v) is 37.5. The summed E-state index contributed by atoms with van der Waals surface area (Å²) in [7, 11) is 0. The second-order valence-electron chi connectivity index (χ2n) is 18.3. The van der Waals surface area contributed by atoms with Crippen LogP contribution in [0.3, 0.4) is 0 Å². The van der Waals surface area contributed by atoms with Crippen molar-refractivity contribution in [1.29, 1.82) is 10.5 Å². The van der Waals surface area contributed by atoms with E-state index in [0.29, 0.717) is 16.8 Å². The average molecular weight is 889 g/mol. The van der Waals surface area contributed by atoms with Crippen molar-refractivity contribution in [2.24, 2.45) is 0 Å². The van der Waals surface area contributed by atoms with Gasteiger partial charge in [0.25, 0.3) is 0 Å². The SMILES string of the molecule is N#Cc1ccc(-n2c3ccc(-n4c5ccccc5c5ccccc54)cc3c3c4ccccc4ccc32)c(-n2c3ccc(-n4c5ccccc5c5ccccc54)cc3c3c4ccccc4ccc32)c1C#N. The Labute approximate surface area is 400 Å². The van der Waals surface area contributed by atoms with Crippen molar-refractivity contribution in [3.63, 3.8) is 0 Å². The molecule has 6 heteroatoms. The number of nitriles is 2. The van der Waals surface area contributed by atoms with Gasteiger partial charge in [-0.05, 0) is 106 Å². The minimum atomic E-state index is 0.316. The van der Waals surface area contributed by atoms with Crippen molar-refractivity contribution in [2.75, 3.05) is 0 Å². The van der Waals surface area contributed by atoms with Crippen LogP contribution in [0.5, 0.6) is 0 Å². The maximum Gasteiger partial charge on any atom is 0.103 e. The van der Waals surface area contributed by atoms with E-state index in [9.17, 15) is 10.5 Å². The molecule has 0 aliphatic carbocycles. The minimum absolute atomic E-state index is 0.316. The fraction of sp³-hybridized carbons (Fsp3) is 0. The Balaban J connectivity index is 1.07. The normalized spacial score (nSPS) is 12.0. The lowest BCUT2D eigenvalue weighted by atomic mass is 10.0. The number of benzene rings is 11. The molecule has 70 heavy (non-hydrogen) atoms. The summed E-state index contributed by atoms with van der Waals surface area (Å²) in [6.07, 6.45) is 0. The van der Waals surface area contributed by atoms with E-state index in [1.807, 2.05) is 12.1 Å². The van der Waals surface area contributed by atoms with Crippen molar-refractivity contribution >= 4 is 109 Å². The topological polar surface area (TPSA) is 67.3 Å². The van der Waals surface area contributed by atoms with Gasteiger partial charge in [0, 0.05) is 54.5 Å². The van der Waals surface area contributed by atoms with Crippen LogP contribution in [-0.2, 0) is 0 Å². The first kappa shape index (κ1) is 38.2. The minimum Gasteiger partial charge on any atom is -0.309 e. The lowest BCUT2D eigenvalue weighted by Crippen LogP contribution is -2.07. The molecule has 0 spiro atoms. The number of fused-ring (bicyclic) bond motifs is 16. The highest BCUT2D eigenvalue weighted by molar-refractivity contribution is 6.24. The first-order valence-corrected chi connectivity index (χ1v) is 23.6. The van der Waals surface area contributed by atoms with Gasteiger partial charge in [-0.2, -0.15) is 10.5 Å². The van der Waals surface area contributed by atoms with Crippen LogP contribution in [0.15, 0.2) is 218 Å². The van der Waals surface area contributed by atoms with E-state index < -0.39 is 0 Å². The molecule has 15 aromatic rings. The van der Waals surface area contributed by atoms with E-state index in [1.54, 1.807) is 0 Å². The van der Waals surface area contributed by atoms with E-state index >= 15 is 0 Å². The summed E-state index contributed by atoms with van der Waals surface area (Å²) in [4.78, 5) is 0. The van der Waals surface area contributed by atoms with E-state index in [-0.39, 0.29) is 0 Å². The molecule has 4 aromatic heterocycles. The van der Waals surface area contributed by atoms with Crippen LogP contribution in [0.25, 0.3) is 132 Å². The predicted molar refractivity (Wildman–Crippen MR) is 288 cm³/mol. The van der Waals surface area contributed by atoms with Crippen LogP contribution in [0.1, 0.15) is 11.1 Å². The first-order valence-electron chi connectivity index (χ1n) is 23.6. The summed E-state index contributed by atoms with van der Waals surface area (Å²) >= 11 is 0. The monoisotopic (exact) mass is 888 g/mol. The zero-order chi connectivity index (χ0) is 46.2. The number of rotatable bonds is 4. The summed E-state index contributed by atoms with van der Waals surface area (Å²) in [5, 5.41) is 35.8. The van der Waals surface area contributed by atoms with Gasteiger partial charge in [0.2, 0.25) is 0 Å². The highest BCUT2D eigenvalue weighted by Crippen LogP contribution is 2.45. The van der Waals surface area contributed by atoms with Crippen molar-refractivity contribution in [1.82, 2.24) is 18.3 Å². The molecular formula is C64H36N6. The fourth-order valence-corrected chi connectivity index (χ4v) is 11.9. The van der Waals surface area contributed by atoms with Gasteiger partial charge in [-0.25, -0.2) is 0 Å². The molecule has 0 N–H and O–H groups in total. The molecule has 0 amide bonds. The van der Waals surface area contributed by atoms with Gasteiger partial charge in [0.1, 0.15) is 12.1 Å². The first-order chi connectivity index (χ1) is 34.7. The van der Waals surface area contributed by atoms with E-state index in [4.69, 9.17) is 0 Å². The lowest BCUT2D eigenvalue weighted by Gasteiger charge is -2.19. The maximum absolute atomic E-state index is 11.4. The average Bonchev–Trinajstić information content (AvgIpc) is 4.15. The highest BCUT2D eigenvalue weighted by atomic mass is 15.1. The number of hydrogen-bond donors (Lipinski definition) is 0. The smallest absolute Gasteiger partial charge is 0.103 e. The van der Waals surface area contributed by atoms with E-state index in [1.165, 1.54) is 21.5 Å². The second-order valence-corrected chi connectivity index (χ2v) is 18.3. The molecule has 6 nitrogen and oxygen atoms in total. The standard InChI is InChI=1S/C64H36N6/c65-37-41-27-32-61(69-57-33-28-42(35-50(57)62-44-15-3-1-13-39(44)25-30-59(62)69)67-53-21-9-5-17-46(53)47-18-6-10-22-54(47)67)64(52(41)38-66)70-58-34-29-43(36-51(58)63-45-16-4-2-14-40(45)26-31-60(63)70)68-55-23-11-7-19-48(55)49-20-8-12-24-56(49)68/h1-36H. The molecule has 15 rings (SSSR count). The highest BCUT2D eigenvalue weighted by Gasteiger charge is 2.26. The predicted octanol–water partition coefficient (Wildman–Crippen LogP) is 16.1. The third-order valence-electron chi connectivity index (χ3n) is 14.8. The number of aromatic nitrogens is 4. The van der Waals surface area contributed by atoms with Gasteiger partial charge < -0.3 is 18.3 Å². The largest absolute Gasteiger partial charge is 0.309 e. The third kappa shape index (κ3) is 5.08. The van der Waals surface area contributed by atoms with Crippen LogP contribution in [0.4, 0.5) is 0 Å². The molecule has 0 saturated carbocycles. The van der Waals surface area contributed by atoms with E-state index in [0.717, 1.165) is 104 Å². The van der Waals surface area contributed by atoms with Gasteiger partial charge in [-0.15, -0.1) is 0 Å². The van der Waals surface area contributed by atoms with Crippen molar-refractivity contribution in [3.8, 4) is 34.9 Å². The third-order valence-corrected chi connectivity index (χ3v) is 14.8. The summed E-state index contributed by atoms with van der Waals surface area (Å²) in [5.74, 6) is 0. The summed E-state index contributed by atoms with van der Waals surface area (Å²) in [5.41, 5.74) is 12.6. The Kier molecular flexibility index (Phi) is 7.82. The van der Waals surface area contributed by atoms with Crippen molar-refractivity contribution in [2.45, 2.75) is 0 Å². The fourth-order valence-electron chi connectivity index (χ4n) is 11.9. The number of nitrogens with zero attached hydrogens (tertiary/aromatic N) is 6.